The fourth-order valence-electron chi connectivity index (χ4n) is 3.67. The van der Waals surface area contributed by atoms with E-state index in [1.807, 2.05) is 6.92 Å². The van der Waals surface area contributed by atoms with Crippen LogP contribution in [0.4, 0.5) is 13.2 Å². The lowest BCUT2D eigenvalue weighted by atomic mass is 10.0. The van der Waals surface area contributed by atoms with E-state index in [-0.39, 0.29) is 6.04 Å². The summed E-state index contributed by atoms with van der Waals surface area (Å²) in [4.78, 5) is 0. The van der Waals surface area contributed by atoms with Crippen molar-refractivity contribution < 1.29 is 13.2 Å². The van der Waals surface area contributed by atoms with Crippen LogP contribution in [-0.2, 0) is 26.1 Å². The Morgan fingerprint density at radius 2 is 1.92 bits per heavy atom. The van der Waals surface area contributed by atoms with Crippen LogP contribution in [0.2, 0.25) is 0 Å². The molecule has 2 aromatic rings. The SMILES string of the molecule is CCn1c(C)c(CC(C)NCC(F)(F)F)c2cc3c(cc21)CNC3. The maximum absolute atomic E-state index is 12.4. The van der Waals surface area contributed by atoms with Crippen LogP contribution in [-0.4, -0.2) is 23.3 Å². The molecule has 3 rings (SSSR count). The molecular weight excluding hydrogens is 315 g/mol. The molecule has 6 heteroatoms. The van der Waals surface area contributed by atoms with E-state index in [9.17, 15) is 13.2 Å². The van der Waals surface area contributed by atoms with E-state index >= 15 is 0 Å². The second-order valence-corrected chi connectivity index (χ2v) is 6.65. The highest BCUT2D eigenvalue weighted by molar-refractivity contribution is 5.87. The van der Waals surface area contributed by atoms with Crippen LogP contribution in [0.5, 0.6) is 0 Å². The van der Waals surface area contributed by atoms with Crippen molar-refractivity contribution in [3.8, 4) is 0 Å². The average Bonchev–Trinajstić information content (AvgIpc) is 3.05. The second-order valence-electron chi connectivity index (χ2n) is 6.65. The number of aryl methyl sites for hydroxylation is 1. The number of nitrogens with one attached hydrogen (secondary N) is 2. The molecule has 0 amide bonds. The predicted octanol–water partition coefficient (Wildman–Crippen LogP) is 3.66. The molecule has 1 atom stereocenters. The predicted molar refractivity (Wildman–Crippen MR) is 90.1 cm³/mol. The van der Waals surface area contributed by atoms with Crippen LogP contribution >= 0.6 is 0 Å². The third-order valence-electron chi connectivity index (χ3n) is 4.88. The first-order chi connectivity index (χ1) is 11.3. The van der Waals surface area contributed by atoms with Gasteiger partial charge in [0.25, 0.3) is 0 Å². The smallest absolute Gasteiger partial charge is 0.345 e. The standard InChI is InChI=1S/C18H24F3N3/c1-4-24-12(3)15(5-11(2)23-10-18(19,20)21)16-6-13-8-22-9-14(13)7-17(16)24/h6-7,11,22-23H,4-5,8-10H2,1-3H3. The summed E-state index contributed by atoms with van der Waals surface area (Å²) in [6, 6.07) is 4.22. The topological polar surface area (TPSA) is 29.0 Å². The van der Waals surface area contributed by atoms with E-state index in [0.29, 0.717) is 6.42 Å². The molecule has 132 valence electrons. The summed E-state index contributed by atoms with van der Waals surface area (Å²) in [5, 5.41) is 7.13. The normalized spacial score (nSPS) is 15.9. The monoisotopic (exact) mass is 339 g/mol. The van der Waals surface area contributed by atoms with Gasteiger partial charge in [-0.2, -0.15) is 13.2 Å². The number of fused-ring (bicyclic) bond motifs is 2. The van der Waals surface area contributed by atoms with Gasteiger partial charge in [0.05, 0.1) is 6.54 Å². The van der Waals surface area contributed by atoms with Gasteiger partial charge in [-0.05, 0) is 56.0 Å². The number of alkyl halides is 3. The van der Waals surface area contributed by atoms with Crippen LogP contribution < -0.4 is 10.6 Å². The van der Waals surface area contributed by atoms with Gasteiger partial charge in [-0.1, -0.05) is 0 Å². The lowest BCUT2D eigenvalue weighted by Crippen LogP contribution is -2.36. The molecule has 0 saturated carbocycles. The molecule has 0 fully saturated rings. The van der Waals surface area contributed by atoms with Gasteiger partial charge < -0.3 is 15.2 Å². The van der Waals surface area contributed by atoms with E-state index in [0.717, 1.165) is 30.9 Å². The van der Waals surface area contributed by atoms with Gasteiger partial charge in [-0.25, -0.2) is 0 Å². The molecule has 0 radical (unpaired) electrons. The molecule has 2 heterocycles. The molecule has 2 N–H and O–H groups in total. The Bertz CT molecular complexity index is 746. The van der Waals surface area contributed by atoms with Gasteiger partial charge in [0.15, 0.2) is 0 Å². The highest BCUT2D eigenvalue weighted by atomic mass is 19.4. The van der Waals surface area contributed by atoms with E-state index < -0.39 is 12.7 Å². The summed E-state index contributed by atoms with van der Waals surface area (Å²) in [7, 11) is 0. The molecule has 0 saturated heterocycles. The Morgan fingerprint density at radius 3 is 2.54 bits per heavy atom. The summed E-state index contributed by atoms with van der Waals surface area (Å²) >= 11 is 0. The summed E-state index contributed by atoms with van der Waals surface area (Å²) in [6.07, 6.45) is -3.58. The fraction of sp³-hybridized carbons (Fsp3) is 0.556. The van der Waals surface area contributed by atoms with Gasteiger partial charge >= 0.3 is 6.18 Å². The van der Waals surface area contributed by atoms with Crippen LogP contribution in [0.25, 0.3) is 10.9 Å². The van der Waals surface area contributed by atoms with Crippen molar-refractivity contribution >= 4 is 10.9 Å². The number of aromatic nitrogens is 1. The maximum Gasteiger partial charge on any atom is 0.401 e. The maximum atomic E-state index is 12.4. The van der Waals surface area contributed by atoms with Crippen molar-refractivity contribution in [2.24, 2.45) is 0 Å². The molecule has 1 aromatic heterocycles. The van der Waals surface area contributed by atoms with E-state index in [4.69, 9.17) is 0 Å². The third kappa shape index (κ3) is 3.30. The second kappa shape index (κ2) is 6.41. The first-order valence-electron chi connectivity index (χ1n) is 8.44. The average molecular weight is 339 g/mol. The van der Waals surface area contributed by atoms with Gasteiger partial charge in [0.1, 0.15) is 0 Å². The van der Waals surface area contributed by atoms with Crippen molar-refractivity contribution in [3.05, 3.63) is 34.5 Å². The Morgan fingerprint density at radius 1 is 1.25 bits per heavy atom. The highest BCUT2D eigenvalue weighted by Crippen LogP contribution is 2.31. The molecule has 1 aliphatic rings. The van der Waals surface area contributed by atoms with E-state index in [1.54, 1.807) is 0 Å². The van der Waals surface area contributed by atoms with Crippen LogP contribution in [0.15, 0.2) is 12.1 Å². The van der Waals surface area contributed by atoms with Crippen LogP contribution in [0.1, 0.15) is 36.2 Å². The molecule has 0 bridgehead atoms. The lowest BCUT2D eigenvalue weighted by Gasteiger charge is -2.16. The molecule has 1 aromatic carbocycles. The minimum atomic E-state index is -4.17. The summed E-state index contributed by atoms with van der Waals surface area (Å²) in [5.74, 6) is 0. The Labute approximate surface area is 140 Å². The van der Waals surface area contributed by atoms with Crippen molar-refractivity contribution in [2.45, 2.75) is 59.0 Å². The molecule has 0 aliphatic carbocycles. The summed E-state index contributed by atoms with van der Waals surface area (Å²) in [6.45, 7) is 7.65. The van der Waals surface area contributed by atoms with Crippen molar-refractivity contribution in [1.29, 1.82) is 0 Å². The van der Waals surface area contributed by atoms with Crippen molar-refractivity contribution in [2.75, 3.05) is 6.54 Å². The number of hydrogen-bond acceptors (Lipinski definition) is 2. The van der Waals surface area contributed by atoms with Gasteiger partial charge in [-0.3, -0.25) is 0 Å². The highest BCUT2D eigenvalue weighted by Gasteiger charge is 2.28. The Kier molecular flexibility index (Phi) is 4.62. The zero-order chi connectivity index (χ0) is 17.5. The fourth-order valence-corrected chi connectivity index (χ4v) is 3.67. The van der Waals surface area contributed by atoms with Crippen LogP contribution in [0.3, 0.4) is 0 Å². The molecule has 0 spiro atoms. The number of halogens is 3. The number of nitrogens with zero attached hydrogens (tertiary/aromatic N) is 1. The van der Waals surface area contributed by atoms with Gasteiger partial charge in [0, 0.05) is 42.3 Å². The van der Waals surface area contributed by atoms with Gasteiger partial charge in [-0.15, -0.1) is 0 Å². The lowest BCUT2D eigenvalue weighted by molar-refractivity contribution is -0.126. The molecule has 1 unspecified atom stereocenters. The minimum Gasteiger partial charge on any atom is -0.345 e. The molecule has 24 heavy (non-hydrogen) atoms. The zero-order valence-corrected chi connectivity index (χ0v) is 14.3. The minimum absolute atomic E-state index is 0.229. The number of rotatable bonds is 5. The summed E-state index contributed by atoms with van der Waals surface area (Å²) < 4.78 is 39.5. The van der Waals surface area contributed by atoms with E-state index in [2.05, 4.69) is 41.2 Å². The first-order valence-corrected chi connectivity index (χ1v) is 8.44. The number of hydrogen-bond donors (Lipinski definition) is 2. The quantitative estimate of drug-likeness (QED) is 0.870. The van der Waals surface area contributed by atoms with Crippen molar-refractivity contribution in [1.82, 2.24) is 15.2 Å². The molecule has 3 nitrogen and oxygen atoms in total. The summed E-state index contributed by atoms with van der Waals surface area (Å²) in [5.41, 5.74) is 6.13. The Hall–Kier alpha value is -1.53. The first kappa shape index (κ1) is 17.3. The van der Waals surface area contributed by atoms with Crippen molar-refractivity contribution in [3.63, 3.8) is 0 Å². The third-order valence-corrected chi connectivity index (χ3v) is 4.88. The van der Waals surface area contributed by atoms with E-state index in [1.165, 1.54) is 22.0 Å². The Balaban J connectivity index is 1.93. The number of benzene rings is 1. The van der Waals surface area contributed by atoms with Crippen LogP contribution in [0, 0.1) is 6.92 Å². The molecular formula is C18H24F3N3. The largest absolute Gasteiger partial charge is 0.401 e. The molecule has 1 aliphatic heterocycles. The van der Waals surface area contributed by atoms with Gasteiger partial charge in [0.2, 0.25) is 0 Å². The zero-order valence-electron chi connectivity index (χ0n) is 14.3.